The van der Waals surface area contributed by atoms with Gasteiger partial charge in [0.25, 0.3) is 5.91 Å². The second kappa shape index (κ2) is 6.24. The number of nitrogens with zero attached hydrogens (tertiary/aromatic N) is 2. The Balaban J connectivity index is 2.15. The summed E-state index contributed by atoms with van der Waals surface area (Å²) in [6.45, 7) is 0. The molecule has 0 saturated carbocycles. The first-order valence-electron chi connectivity index (χ1n) is 6.87. The summed E-state index contributed by atoms with van der Waals surface area (Å²) in [5.41, 5.74) is 4.01. The van der Waals surface area contributed by atoms with Crippen molar-refractivity contribution >= 4 is 5.91 Å². The summed E-state index contributed by atoms with van der Waals surface area (Å²) in [7, 11) is 0. The molecule has 3 aromatic rings. The van der Waals surface area contributed by atoms with E-state index in [0.29, 0.717) is 5.69 Å². The van der Waals surface area contributed by atoms with Gasteiger partial charge in [-0.1, -0.05) is 60.7 Å². The molecule has 5 nitrogen and oxygen atoms in total. The van der Waals surface area contributed by atoms with Crippen LogP contribution in [0.5, 0.6) is 0 Å². The minimum absolute atomic E-state index is 0.197. The average Bonchev–Trinajstić information content (AvgIpc) is 3.06. The number of hydrogen-bond acceptors (Lipinski definition) is 3. The predicted molar refractivity (Wildman–Crippen MR) is 81.6 cm³/mol. The smallest absolute Gasteiger partial charge is 0.292 e. The molecular weight excluding hydrogens is 278 g/mol. The van der Waals surface area contributed by atoms with Gasteiger partial charge in [0, 0.05) is 0 Å². The van der Waals surface area contributed by atoms with Crippen molar-refractivity contribution in [2.24, 2.45) is 0 Å². The first kappa shape index (κ1) is 14.0. The van der Waals surface area contributed by atoms with Gasteiger partial charge in [0.2, 0.25) is 0 Å². The van der Waals surface area contributed by atoms with E-state index < -0.39 is 5.91 Å². The predicted octanol–water partition coefficient (Wildman–Crippen LogP) is 2.64. The minimum Gasteiger partial charge on any atom is -0.315 e. The molecule has 0 fully saturated rings. The van der Waals surface area contributed by atoms with Gasteiger partial charge in [0.05, 0.1) is 18.6 Å². The Morgan fingerprint density at radius 3 is 2.05 bits per heavy atom. The third kappa shape index (κ3) is 2.62. The average molecular weight is 293 g/mol. The quantitative estimate of drug-likeness (QED) is 0.574. The summed E-state index contributed by atoms with van der Waals surface area (Å²) >= 11 is 0. The van der Waals surface area contributed by atoms with Crippen molar-refractivity contribution < 1.29 is 10.0 Å². The van der Waals surface area contributed by atoms with E-state index in [1.165, 1.54) is 6.20 Å². The van der Waals surface area contributed by atoms with E-state index in [1.807, 2.05) is 60.7 Å². The van der Waals surface area contributed by atoms with Crippen molar-refractivity contribution in [1.29, 1.82) is 0 Å². The third-order valence-electron chi connectivity index (χ3n) is 3.51. The van der Waals surface area contributed by atoms with Gasteiger partial charge in [0.15, 0.2) is 0 Å². The zero-order chi connectivity index (χ0) is 15.4. The summed E-state index contributed by atoms with van der Waals surface area (Å²) in [5.74, 6) is -0.589. The van der Waals surface area contributed by atoms with E-state index >= 15 is 0 Å². The van der Waals surface area contributed by atoms with E-state index in [0.717, 1.165) is 11.1 Å². The largest absolute Gasteiger partial charge is 0.315 e. The molecule has 1 aromatic heterocycles. The molecule has 110 valence electrons. The maximum Gasteiger partial charge on any atom is 0.292 e. The van der Waals surface area contributed by atoms with Gasteiger partial charge < -0.3 is 4.57 Å². The van der Waals surface area contributed by atoms with Crippen molar-refractivity contribution in [2.45, 2.75) is 6.04 Å². The van der Waals surface area contributed by atoms with Crippen LogP contribution in [-0.2, 0) is 0 Å². The van der Waals surface area contributed by atoms with Crippen LogP contribution in [0.1, 0.15) is 27.7 Å². The monoisotopic (exact) mass is 293 g/mol. The van der Waals surface area contributed by atoms with Crippen molar-refractivity contribution in [2.75, 3.05) is 0 Å². The Morgan fingerprint density at radius 1 is 1.00 bits per heavy atom. The maximum absolute atomic E-state index is 11.8. The number of hydrogen-bond donors (Lipinski definition) is 2. The highest BCUT2D eigenvalue weighted by atomic mass is 16.5. The zero-order valence-corrected chi connectivity index (χ0v) is 11.8. The van der Waals surface area contributed by atoms with Gasteiger partial charge in [-0.3, -0.25) is 10.0 Å². The molecular formula is C17H15N3O2. The minimum atomic E-state index is -0.589. The first-order chi connectivity index (χ1) is 10.8. The van der Waals surface area contributed by atoms with E-state index in [1.54, 1.807) is 16.4 Å². The Morgan fingerprint density at radius 2 is 1.55 bits per heavy atom. The van der Waals surface area contributed by atoms with Gasteiger partial charge in [-0.15, -0.1) is 0 Å². The van der Waals surface area contributed by atoms with Gasteiger partial charge >= 0.3 is 0 Å². The standard InChI is InChI=1S/C17H15N3O2/c21-17(19-22)15-11-18-12-20(15)16(13-7-3-1-4-8-13)14-9-5-2-6-10-14/h1-12,16,22H,(H,19,21). The second-order valence-electron chi connectivity index (χ2n) is 4.85. The zero-order valence-electron chi connectivity index (χ0n) is 11.8. The summed E-state index contributed by atoms with van der Waals surface area (Å²) in [4.78, 5) is 15.9. The SMILES string of the molecule is O=C(NO)c1cncn1C(c1ccccc1)c1ccccc1. The van der Waals surface area contributed by atoms with Crippen LogP contribution in [0.2, 0.25) is 0 Å². The number of hydroxylamine groups is 1. The first-order valence-corrected chi connectivity index (χ1v) is 6.87. The normalized spacial score (nSPS) is 10.6. The highest BCUT2D eigenvalue weighted by molar-refractivity contribution is 5.91. The number of imidazole rings is 1. The Labute approximate surface area is 127 Å². The lowest BCUT2D eigenvalue weighted by Gasteiger charge is -2.21. The van der Waals surface area contributed by atoms with Gasteiger partial charge in [0.1, 0.15) is 5.69 Å². The molecule has 3 rings (SSSR count). The topological polar surface area (TPSA) is 67.2 Å². The molecule has 0 aliphatic heterocycles. The van der Waals surface area contributed by atoms with Crippen molar-refractivity contribution in [1.82, 2.24) is 15.0 Å². The molecule has 1 heterocycles. The molecule has 22 heavy (non-hydrogen) atoms. The van der Waals surface area contributed by atoms with Crippen LogP contribution in [0.4, 0.5) is 0 Å². The lowest BCUT2D eigenvalue weighted by Crippen LogP contribution is -2.24. The molecule has 0 bridgehead atoms. The van der Waals surface area contributed by atoms with E-state index in [2.05, 4.69) is 4.98 Å². The summed E-state index contributed by atoms with van der Waals surface area (Å²) in [6.07, 6.45) is 3.03. The highest BCUT2D eigenvalue weighted by Gasteiger charge is 2.21. The summed E-state index contributed by atoms with van der Waals surface area (Å²) in [5, 5.41) is 8.91. The number of carbonyl (C=O) groups is 1. The van der Waals surface area contributed by atoms with Crippen LogP contribution in [0.25, 0.3) is 0 Å². The lowest BCUT2D eigenvalue weighted by atomic mass is 9.98. The molecule has 0 radical (unpaired) electrons. The highest BCUT2D eigenvalue weighted by Crippen LogP contribution is 2.27. The molecule has 1 amide bonds. The molecule has 2 aromatic carbocycles. The molecule has 0 aliphatic rings. The molecule has 2 N–H and O–H groups in total. The van der Waals surface area contributed by atoms with Crippen LogP contribution in [0.15, 0.2) is 73.2 Å². The molecule has 0 unspecified atom stereocenters. The van der Waals surface area contributed by atoms with Crippen LogP contribution in [-0.4, -0.2) is 20.7 Å². The van der Waals surface area contributed by atoms with Crippen LogP contribution in [0.3, 0.4) is 0 Å². The Bertz CT molecular complexity index is 714. The molecule has 5 heteroatoms. The van der Waals surface area contributed by atoms with Crippen molar-refractivity contribution in [3.8, 4) is 0 Å². The number of benzene rings is 2. The maximum atomic E-state index is 11.8. The Kier molecular flexibility index (Phi) is 3.98. The number of amides is 1. The molecule has 0 atom stereocenters. The fourth-order valence-electron chi connectivity index (χ4n) is 2.53. The lowest BCUT2D eigenvalue weighted by molar-refractivity contribution is 0.0695. The van der Waals surface area contributed by atoms with Gasteiger partial charge in [-0.05, 0) is 11.1 Å². The van der Waals surface area contributed by atoms with E-state index in [9.17, 15) is 4.79 Å². The van der Waals surface area contributed by atoms with Crippen molar-refractivity contribution in [3.05, 3.63) is 90.0 Å². The van der Waals surface area contributed by atoms with Gasteiger partial charge in [-0.25, -0.2) is 10.5 Å². The van der Waals surface area contributed by atoms with Crippen molar-refractivity contribution in [3.63, 3.8) is 0 Å². The number of nitrogens with one attached hydrogen (secondary N) is 1. The molecule has 0 aliphatic carbocycles. The van der Waals surface area contributed by atoms with Gasteiger partial charge in [-0.2, -0.15) is 0 Å². The van der Waals surface area contributed by atoms with Crippen LogP contribution >= 0.6 is 0 Å². The summed E-state index contributed by atoms with van der Waals surface area (Å²) < 4.78 is 1.75. The van der Waals surface area contributed by atoms with E-state index in [-0.39, 0.29) is 6.04 Å². The number of aromatic nitrogens is 2. The third-order valence-corrected chi connectivity index (χ3v) is 3.51. The number of rotatable bonds is 4. The van der Waals surface area contributed by atoms with E-state index in [4.69, 9.17) is 5.21 Å². The van der Waals surface area contributed by atoms with Crippen LogP contribution in [0, 0.1) is 0 Å². The number of carbonyl (C=O) groups excluding carboxylic acids is 1. The molecule has 0 saturated heterocycles. The molecule has 0 spiro atoms. The second-order valence-corrected chi connectivity index (χ2v) is 4.85. The fraction of sp³-hybridized carbons (Fsp3) is 0.0588. The fourth-order valence-corrected chi connectivity index (χ4v) is 2.53. The summed E-state index contributed by atoms with van der Waals surface area (Å²) in [6, 6.07) is 19.5. The Hall–Kier alpha value is -2.92. The van der Waals surface area contributed by atoms with Crippen LogP contribution < -0.4 is 5.48 Å².